The number of phenolic OH excluding ortho intramolecular Hbond substituents is 1. The molecule has 0 atom stereocenters. The van der Waals surface area contributed by atoms with Crippen LogP contribution in [0.15, 0.2) is 115 Å². The van der Waals surface area contributed by atoms with Crippen molar-refractivity contribution in [3.63, 3.8) is 0 Å². The number of azo groups is 2. The van der Waals surface area contributed by atoms with Gasteiger partial charge < -0.3 is 10.4 Å². The molecule has 0 radical (unpaired) electrons. The Morgan fingerprint density at radius 1 is 0.674 bits per heavy atom. The Kier molecular flexibility index (Phi) is 7.72. The number of anilines is 1. The lowest BCUT2D eigenvalue weighted by molar-refractivity contribution is -0.114. The molecule has 218 valence electrons. The number of aromatic hydroxyl groups is 1. The Hall–Kier alpha value is -5.09. The molecule has 0 spiro atoms. The van der Waals surface area contributed by atoms with Crippen LogP contribution in [0.5, 0.6) is 5.75 Å². The Morgan fingerprint density at radius 3 is 1.91 bits per heavy atom. The van der Waals surface area contributed by atoms with Gasteiger partial charge in [-0.15, -0.1) is 15.3 Å². The van der Waals surface area contributed by atoms with Crippen LogP contribution >= 0.6 is 0 Å². The number of carbonyl (C=O) groups excluding carboxylic acids is 1. The van der Waals surface area contributed by atoms with Crippen molar-refractivity contribution < 1.29 is 35.8 Å². The number of nitrogens with zero attached hydrogens (tertiary/aromatic N) is 4. The highest BCUT2D eigenvalue weighted by molar-refractivity contribution is 7.86. The van der Waals surface area contributed by atoms with Gasteiger partial charge in [0.1, 0.15) is 5.69 Å². The van der Waals surface area contributed by atoms with Crippen molar-refractivity contribution in [1.29, 1.82) is 0 Å². The molecule has 4 N–H and O–H groups in total. The van der Waals surface area contributed by atoms with E-state index in [-0.39, 0.29) is 44.7 Å². The van der Waals surface area contributed by atoms with Crippen LogP contribution in [0.3, 0.4) is 0 Å². The van der Waals surface area contributed by atoms with E-state index in [1.165, 1.54) is 55.5 Å². The molecular formula is C28H21N5O8S2. The first-order chi connectivity index (χ1) is 20.3. The van der Waals surface area contributed by atoms with Gasteiger partial charge in [-0.2, -0.15) is 21.9 Å². The van der Waals surface area contributed by atoms with Crippen LogP contribution in [0.1, 0.15) is 6.92 Å². The minimum atomic E-state index is -4.58. The minimum absolute atomic E-state index is 0.0708. The Balaban J connectivity index is 1.58. The topological polar surface area (TPSA) is 208 Å². The van der Waals surface area contributed by atoms with E-state index in [1.807, 2.05) is 0 Å². The number of hydrogen-bond acceptors (Lipinski definition) is 10. The van der Waals surface area contributed by atoms with Gasteiger partial charge in [-0.3, -0.25) is 13.9 Å². The first kappa shape index (κ1) is 29.4. The van der Waals surface area contributed by atoms with Gasteiger partial charge in [-0.05, 0) is 66.0 Å². The van der Waals surface area contributed by atoms with E-state index in [9.17, 15) is 31.3 Å². The first-order valence-corrected chi connectivity index (χ1v) is 15.2. The number of hydrogen-bond donors (Lipinski definition) is 4. The highest BCUT2D eigenvalue weighted by Crippen LogP contribution is 2.41. The molecule has 15 heteroatoms. The highest BCUT2D eigenvalue weighted by atomic mass is 32.2. The van der Waals surface area contributed by atoms with Crippen LogP contribution in [0.25, 0.3) is 21.5 Å². The van der Waals surface area contributed by atoms with Gasteiger partial charge in [0.2, 0.25) is 5.91 Å². The zero-order valence-corrected chi connectivity index (χ0v) is 23.7. The van der Waals surface area contributed by atoms with E-state index in [0.717, 1.165) is 12.1 Å². The van der Waals surface area contributed by atoms with E-state index in [2.05, 4.69) is 25.8 Å². The van der Waals surface area contributed by atoms with Crippen LogP contribution < -0.4 is 5.32 Å². The summed E-state index contributed by atoms with van der Waals surface area (Å²) in [6.07, 6.45) is 0. The molecular weight excluding hydrogens is 598 g/mol. The number of rotatable bonds is 7. The van der Waals surface area contributed by atoms with E-state index in [0.29, 0.717) is 21.8 Å². The Bertz CT molecular complexity index is 2200. The van der Waals surface area contributed by atoms with Crippen molar-refractivity contribution >= 4 is 76.1 Å². The highest BCUT2D eigenvalue weighted by Gasteiger charge is 2.15. The number of phenols is 1. The largest absolute Gasteiger partial charge is 0.505 e. The van der Waals surface area contributed by atoms with Gasteiger partial charge in [0, 0.05) is 23.1 Å². The van der Waals surface area contributed by atoms with Gasteiger partial charge in [-0.25, -0.2) is 0 Å². The molecule has 0 aliphatic carbocycles. The molecule has 13 nitrogen and oxygen atoms in total. The van der Waals surface area contributed by atoms with Gasteiger partial charge >= 0.3 is 0 Å². The summed E-state index contributed by atoms with van der Waals surface area (Å²) in [7, 11) is -8.95. The number of nitrogens with one attached hydrogen (secondary N) is 1. The fourth-order valence-electron chi connectivity index (χ4n) is 4.26. The molecule has 0 fully saturated rings. The summed E-state index contributed by atoms with van der Waals surface area (Å²) in [5, 5.41) is 31.9. The standard InChI is InChI=1S/C28H21N5O8S2/c1-16(34)29-25-4-2-3-17-5-12-26(28(35)27(17)25)33-32-24-14-13-23(21-11-10-20(15-22(21)24)43(39,40)41)31-30-18-6-8-19(9-7-18)42(36,37)38/h2-15,35H,1H3,(H,29,34)(H,36,37,38)(H,39,40,41). The smallest absolute Gasteiger partial charge is 0.294 e. The summed E-state index contributed by atoms with van der Waals surface area (Å²) in [6, 6.07) is 20.1. The van der Waals surface area contributed by atoms with E-state index in [1.54, 1.807) is 24.3 Å². The summed E-state index contributed by atoms with van der Waals surface area (Å²) in [5.74, 6) is -0.564. The second-order valence-corrected chi connectivity index (χ2v) is 12.0. The summed E-state index contributed by atoms with van der Waals surface area (Å²) in [4.78, 5) is 10.9. The average molecular weight is 620 g/mol. The third-order valence-electron chi connectivity index (χ3n) is 6.22. The number of fused-ring (bicyclic) bond motifs is 2. The summed E-state index contributed by atoms with van der Waals surface area (Å²) in [6.45, 7) is 1.34. The molecule has 1 amide bonds. The normalized spacial score (nSPS) is 12.4. The van der Waals surface area contributed by atoms with Gasteiger partial charge in [-0.1, -0.05) is 24.3 Å². The van der Waals surface area contributed by atoms with E-state index >= 15 is 0 Å². The van der Waals surface area contributed by atoms with Crippen molar-refractivity contribution in [1.82, 2.24) is 0 Å². The summed E-state index contributed by atoms with van der Waals surface area (Å²) < 4.78 is 65.1. The number of benzene rings is 5. The summed E-state index contributed by atoms with van der Waals surface area (Å²) >= 11 is 0. The van der Waals surface area contributed by atoms with Gasteiger partial charge in [0.25, 0.3) is 20.2 Å². The third kappa shape index (κ3) is 6.39. The molecule has 0 heterocycles. The maximum atomic E-state index is 11.9. The molecule has 5 rings (SSSR count). The quantitative estimate of drug-likeness (QED) is 0.110. The van der Waals surface area contributed by atoms with Crippen LogP contribution in [0.4, 0.5) is 28.4 Å². The van der Waals surface area contributed by atoms with Crippen molar-refractivity contribution in [3.8, 4) is 5.75 Å². The van der Waals surface area contributed by atoms with Crippen LogP contribution in [-0.4, -0.2) is 37.0 Å². The molecule has 5 aromatic carbocycles. The Morgan fingerprint density at radius 2 is 1.26 bits per heavy atom. The molecule has 0 aliphatic heterocycles. The molecule has 0 aliphatic rings. The van der Waals surface area contributed by atoms with Gasteiger partial charge in [0.15, 0.2) is 5.75 Å². The van der Waals surface area contributed by atoms with E-state index < -0.39 is 25.1 Å². The predicted octanol–water partition coefficient (Wildman–Crippen LogP) is 6.98. The van der Waals surface area contributed by atoms with Crippen molar-refractivity contribution in [2.45, 2.75) is 16.7 Å². The van der Waals surface area contributed by atoms with Gasteiger partial charge in [0.05, 0.1) is 32.5 Å². The maximum absolute atomic E-state index is 11.9. The minimum Gasteiger partial charge on any atom is -0.505 e. The predicted molar refractivity (Wildman–Crippen MR) is 158 cm³/mol. The maximum Gasteiger partial charge on any atom is 0.294 e. The van der Waals surface area contributed by atoms with Crippen LogP contribution in [-0.2, 0) is 25.0 Å². The molecule has 43 heavy (non-hydrogen) atoms. The zero-order chi connectivity index (χ0) is 30.9. The van der Waals surface area contributed by atoms with Crippen molar-refractivity contribution in [2.24, 2.45) is 20.5 Å². The zero-order valence-electron chi connectivity index (χ0n) is 22.1. The van der Waals surface area contributed by atoms with Crippen LogP contribution in [0, 0.1) is 0 Å². The third-order valence-corrected chi connectivity index (χ3v) is 7.94. The first-order valence-electron chi connectivity index (χ1n) is 12.3. The molecule has 0 aromatic heterocycles. The monoisotopic (exact) mass is 619 g/mol. The fourth-order valence-corrected chi connectivity index (χ4v) is 5.25. The number of carbonyl (C=O) groups is 1. The second kappa shape index (κ2) is 11.3. The number of amides is 1. The van der Waals surface area contributed by atoms with Crippen LogP contribution in [0.2, 0.25) is 0 Å². The molecule has 0 saturated carbocycles. The van der Waals surface area contributed by atoms with E-state index in [4.69, 9.17) is 4.55 Å². The fraction of sp³-hybridized carbons (Fsp3) is 0.0357. The molecule has 5 aromatic rings. The van der Waals surface area contributed by atoms with Crippen molar-refractivity contribution in [2.75, 3.05) is 5.32 Å². The lowest BCUT2D eigenvalue weighted by Gasteiger charge is -2.10. The summed E-state index contributed by atoms with van der Waals surface area (Å²) in [5.41, 5.74) is 1.17. The van der Waals surface area contributed by atoms with Crippen molar-refractivity contribution in [3.05, 3.63) is 84.9 Å². The lowest BCUT2D eigenvalue weighted by Crippen LogP contribution is -2.05. The molecule has 0 saturated heterocycles. The SMILES string of the molecule is CC(=O)Nc1cccc2ccc(N=Nc3ccc(N=Nc4ccc(S(=O)(=O)O)cc4)c4ccc(S(=O)(=O)O)cc34)c(O)c12. The Labute approximate surface area is 244 Å². The average Bonchev–Trinajstić information content (AvgIpc) is 2.95. The second-order valence-electron chi connectivity index (χ2n) is 9.17. The molecule has 0 bridgehead atoms. The molecule has 0 unspecified atom stereocenters. The lowest BCUT2D eigenvalue weighted by atomic mass is 10.1.